The summed E-state index contributed by atoms with van der Waals surface area (Å²) in [6.07, 6.45) is 0. The average molecular weight is 379 g/mol. The van der Waals surface area contributed by atoms with Crippen molar-refractivity contribution in [1.82, 2.24) is 10.6 Å². The first-order chi connectivity index (χ1) is 12.0. The Bertz CT molecular complexity index is 738. The smallest absolute Gasteiger partial charge is 0.223 e. The van der Waals surface area contributed by atoms with Crippen molar-refractivity contribution >= 4 is 18.3 Å². The summed E-state index contributed by atoms with van der Waals surface area (Å²) < 4.78 is 19.9. The van der Waals surface area contributed by atoms with Gasteiger partial charge in [-0.25, -0.2) is 4.39 Å². The number of hydrogen-bond acceptors (Lipinski definition) is 3. The van der Waals surface area contributed by atoms with E-state index in [4.69, 9.17) is 4.74 Å². The molecule has 0 aliphatic carbocycles. The van der Waals surface area contributed by atoms with Crippen LogP contribution < -0.4 is 15.4 Å². The lowest BCUT2D eigenvalue weighted by atomic mass is 9.88. The van der Waals surface area contributed by atoms with Crippen molar-refractivity contribution in [3.8, 4) is 11.5 Å². The SMILES string of the molecule is CC(NC(=O)C(C)C1CNC1)c1ccc(Oc2ccccc2)c(F)c1.Cl. The van der Waals surface area contributed by atoms with Gasteiger partial charge in [0, 0.05) is 5.92 Å². The maximum absolute atomic E-state index is 14.3. The van der Waals surface area contributed by atoms with Crippen LogP contribution in [0.4, 0.5) is 4.39 Å². The summed E-state index contributed by atoms with van der Waals surface area (Å²) in [4.78, 5) is 12.3. The number of rotatable bonds is 6. The van der Waals surface area contributed by atoms with Crippen LogP contribution in [0, 0.1) is 17.7 Å². The Kier molecular flexibility index (Phi) is 7.00. The molecule has 1 amide bonds. The molecule has 3 rings (SSSR count). The van der Waals surface area contributed by atoms with Gasteiger partial charge in [0.25, 0.3) is 0 Å². The van der Waals surface area contributed by atoms with Gasteiger partial charge in [0.1, 0.15) is 5.75 Å². The van der Waals surface area contributed by atoms with Gasteiger partial charge in [-0.15, -0.1) is 12.4 Å². The Hall–Kier alpha value is -2.11. The minimum Gasteiger partial charge on any atom is -0.454 e. The molecule has 0 aromatic heterocycles. The number of benzene rings is 2. The van der Waals surface area contributed by atoms with Gasteiger partial charge in [0.05, 0.1) is 6.04 Å². The Morgan fingerprint density at radius 3 is 2.46 bits per heavy atom. The highest BCUT2D eigenvalue weighted by atomic mass is 35.5. The highest BCUT2D eigenvalue weighted by molar-refractivity contribution is 5.85. The predicted octanol–water partition coefficient (Wildman–Crippen LogP) is 4.07. The van der Waals surface area contributed by atoms with E-state index in [-0.39, 0.29) is 36.0 Å². The number of carbonyl (C=O) groups is 1. The predicted molar refractivity (Wildman–Crippen MR) is 102 cm³/mol. The maximum Gasteiger partial charge on any atom is 0.223 e. The highest BCUT2D eigenvalue weighted by Gasteiger charge is 2.29. The molecule has 2 unspecified atom stereocenters. The van der Waals surface area contributed by atoms with E-state index in [1.807, 2.05) is 32.0 Å². The van der Waals surface area contributed by atoms with Crippen LogP contribution in [0.25, 0.3) is 0 Å². The molecular formula is C20H24ClFN2O2. The molecule has 0 bridgehead atoms. The van der Waals surface area contributed by atoms with Crippen LogP contribution in [-0.2, 0) is 4.79 Å². The Morgan fingerprint density at radius 2 is 1.88 bits per heavy atom. The molecule has 0 saturated carbocycles. The average Bonchev–Trinajstić information content (AvgIpc) is 2.56. The molecule has 6 heteroatoms. The number of halogens is 2. The second-order valence-corrected chi connectivity index (χ2v) is 6.54. The fraction of sp³-hybridized carbons (Fsp3) is 0.350. The van der Waals surface area contributed by atoms with Crippen LogP contribution in [0.5, 0.6) is 11.5 Å². The van der Waals surface area contributed by atoms with Crippen LogP contribution in [0.1, 0.15) is 25.5 Å². The van der Waals surface area contributed by atoms with Gasteiger partial charge < -0.3 is 15.4 Å². The number of nitrogens with one attached hydrogen (secondary N) is 2. The molecule has 1 fully saturated rings. The van der Waals surface area contributed by atoms with Crippen LogP contribution in [-0.4, -0.2) is 19.0 Å². The third kappa shape index (κ3) is 4.74. The summed E-state index contributed by atoms with van der Waals surface area (Å²) in [6.45, 7) is 5.55. The zero-order valence-electron chi connectivity index (χ0n) is 14.9. The molecule has 2 atom stereocenters. The van der Waals surface area contributed by atoms with Crippen molar-refractivity contribution in [2.45, 2.75) is 19.9 Å². The van der Waals surface area contributed by atoms with Crippen molar-refractivity contribution in [2.24, 2.45) is 11.8 Å². The van der Waals surface area contributed by atoms with Crippen molar-refractivity contribution in [2.75, 3.05) is 13.1 Å². The van der Waals surface area contributed by atoms with E-state index in [9.17, 15) is 9.18 Å². The second-order valence-electron chi connectivity index (χ2n) is 6.54. The highest BCUT2D eigenvalue weighted by Crippen LogP contribution is 2.27. The van der Waals surface area contributed by atoms with Crippen molar-refractivity contribution in [1.29, 1.82) is 0 Å². The minimum absolute atomic E-state index is 0. The summed E-state index contributed by atoms with van der Waals surface area (Å²) in [5, 5.41) is 6.14. The summed E-state index contributed by atoms with van der Waals surface area (Å²) in [7, 11) is 0. The molecule has 26 heavy (non-hydrogen) atoms. The molecule has 1 heterocycles. The molecule has 4 nitrogen and oxygen atoms in total. The molecule has 2 aromatic carbocycles. The summed E-state index contributed by atoms with van der Waals surface area (Å²) in [5.74, 6) is 0.642. The molecule has 1 aliphatic rings. The zero-order chi connectivity index (χ0) is 17.8. The first kappa shape index (κ1) is 20.2. The van der Waals surface area contributed by atoms with E-state index in [0.29, 0.717) is 17.2 Å². The fourth-order valence-corrected chi connectivity index (χ4v) is 2.79. The van der Waals surface area contributed by atoms with Gasteiger partial charge in [-0.2, -0.15) is 0 Å². The van der Waals surface area contributed by atoms with Crippen LogP contribution in [0.2, 0.25) is 0 Å². The van der Waals surface area contributed by atoms with Gasteiger partial charge in [-0.1, -0.05) is 31.2 Å². The Balaban J connectivity index is 0.00000243. The zero-order valence-corrected chi connectivity index (χ0v) is 15.7. The van der Waals surface area contributed by atoms with E-state index in [1.54, 1.807) is 24.3 Å². The summed E-state index contributed by atoms with van der Waals surface area (Å²) in [5.41, 5.74) is 0.713. The van der Waals surface area contributed by atoms with Crippen LogP contribution in [0.3, 0.4) is 0 Å². The molecule has 1 aliphatic heterocycles. The standard InChI is InChI=1S/C20H23FN2O2.ClH/c1-13(16-11-22-12-16)20(24)23-14(2)15-8-9-19(18(21)10-15)25-17-6-4-3-5-7-17;/h3-10,13-14,16,22H,11-12H2,1-2H3,(H,23,24);1H. The molecule has 0 radical (unpaired) electrons. The first-order valence-corrected chi connectivity index (χ1v) is 8.58. The van der Waals surface area contributed by atoms with E-state index in [2.05, 4.69) is 10.6 Å². The number of ether oxygens (including phenoxy) is 1. The molecule has 140 valence electrons. The van der Waals surface area contributed by atoms with E-state index in [1.165, 1.54) is 6.07 Å². The lowest BCUT2D eigenvalue weighted by Crippen LogP contribution is -2.49. The van der Waals surface area contributed by atoms with Crippen molar-refractivity contribution in [3.63, 3.8) is 0 Å². The fourth-order valence-electron chi connectivity index (χ4n) is 2.79. The molecule has 2 N–H and O–H groups in total. The second kappa shape index (κ2) is 9.01. The number of carbonyl (C=O) groups excluding carboxylic acids is 1. The van der Waals surface area contributed by atoms with Crippen molar-refractivity contribution in [3.05, 3.63) is 59.9 Å². The van der Waals surface area contributed by atoms with Crippen molar-refractivity contribution < 1.29 is 13.9 Å². The third-order valence-corrected chi connectivity index (χ3v) is 4.72. The number of hydrogen-bond donors (Lipinski definition) is 2. The summed E-state index contributed by atoms with van der Waals surface area (Å²) >= 11 is 0. The minimum atomic E-state index is -0.446. The van der Waals surface area contributed by atoms with E-state index < -0.39 is 5.82 Å². The van der Waals surface area contributed by atoms with Gasteiger partial charge in [-0.3, -0.25) is 4.79 Å². The van der Waals surface area contributed by atoms with Gasteiger partial charge >= 0.3 is 0 Å². The summed E-state index contributed by atoms with van der Waals surface area (Å²) in [6, 6.07) is 13.6. The topological polar surface area (TPSA) is 50.4 Å². The van der Waals surface area contributed by atoms with Gasteiger partial charge in [0.2, 0.25) is 5.91 Å². The molecular weight excluding hydrogens is 355 g/mol. The lowest BCUT2D eigenvalue weighted by Gasteiger charge is -2.32. The van der Waals surface area contributed by atoms with E-state index >= 15 is 0 Å². The Morgan fingerprint density at radius 1 is 1.19 bits per heavy atom. The quantitative estimate of drug-likeness (QED) is 0.796. The molecule has 2 aromatic rings. The maximum atomic E-state index is 14.3. The number of amides is 1. The molecule has 0 spiro atoms. The molecule has 1 saturated heterocycles. The van der Waals surface area contributed by atoms with Crippen LogP contribution in [0.15, 0.2) is 48.5 Å². The van der Waals surface area contributed by atoms with E-state index in [0.717, 1.165) is 13.1 Å². The largest absolute Gasteiger partial charge is 0.454 e. The first-order valence-electron chi connectivity index (χ1n) is 8.58. The lowest BCUT2D eigenvalue weighted by molar-refractivity contribution is -0.127. The third-order valence-electron chi connectivity index (χ3n) is 4.72. The monoisotopic (exact) mass is 378 g/mol. The van der Waals surface area contributed by atoms with Crippen LogP contribution >= 0.6 is 12.4 Å². The Labute approximate surface area is 159 Å². The van der Waals surface area contributed by atoms with Gasteiger partial charge in [-0.05, 0) is 55.8 Å². The number of para-hydroxylation sites is 1. The normalized spacial score (nSPS) is 16.0. The van der Waals surface area contributed by atoms with Gasteiger partial charge in [0.15, 0.2) is 11.6 Å².